The summed E-state index contributed by atoms with van der Waals surface area (Å²) in [5, 5.41) is 0. The fourth-order valence-electron chi connectivity index (χ4n) is 0.226. The van der Waals surface area contributed by atoms with Crippen molar-refractivity contribution < 1.29 is 9.31 Å². The zero-order chi connectivity index (χ0) is 5.54. The van der Waals surface area contributed by atoms with Gasteiger partial charge in [-0.15, -0.1) is 0 Å². The van der Waals surface area contributed by atoms with Crippen LogP contribution in [0.2, 0.25) is 0 Å². The van der Waals surface area contributed by atoms with E-state index in [-0.39, 0.29) is 0 Å². The summed E-state index contributed by atoms with van der Waals surface area (Å²) >= 11 is 0. The lowest BCUT2D eigenvalue weighted by atomic mass is 10.4. The van der Waals surface area contributed by atoms with Crippen molar-refractivity contribution in [3.8, 4) is 0 Å². The molecule has 0 spiro atoms. The van der Waals surface area contributed by atoms with Crippen LogP contribution in [0, 0.1) is 0 Å². The molecular weight excluding hydrogens is 90.9 g/mol. The molecular formula is C4H11BO2. The van der Waals surface area contributed by atoms with Crippen LogP contribution in [0.25, 0.3) is 0 Å². The first kappa shape index (κ1) is 6.98. The molecule has 0 rings (SSSR count). The third-order valence-corrected chi connectivity index (χ3v) is 0.575. The molecule has 0 aliphatic heterocycles. The SMILES string of the molecule is CCOBOCC. The van der Waals surface area contributed by atoms with E-state index in [1.807, 2.05) is 13.8 Å². The fourth-order valence-corrected chi connectivity index (χ4v) is 0.226. The summed E-state index contributed by atoms with van der Waals surface area (Å²) in [4.78, 5) is 0. The van der Waals surface area contributed by atoms with E-state index in [1.165, 1.54) is 0 Å². The second-order valence-electron chi connectivity index (χ2n) is 1.10. The molecule has 0 amide bonds. The zero-order valence-corrected chi connectivity index (χ0v) is 4.94. The maximum absolute atomic E-state index is 4.85. The Morgan fingerprint density at radius 3 is 1.86 bits per heavy atom. The molecule has 0 bridgehead atoms. The molecule has 2 nitrogen and oxygen atoms in total. The molecule has 0 fully saturated rings. The van der Waals surface area contributed by atoms with Crippen LogP contribution in [0.4, 0.5) is 0 Å². The van der Waals surface area contributed by atoms with Crippen molar-refractivity contribution in [3.63, 3.8) is 0 Å². The van der Waals surface area contributed by atoms with Gasteiger partial charge >= 0.3 is 7.69 Å². The Morgan fingerprint density at radius 1 is 1.14 bits per heavy atom. The van der Waals surface area contributed by atoms with Crippen molar-refractivity contribution in [2.24, 2.45) is 0 Å². The Balaban J connectivity index is 2.45. The average Bonchev–Trinajstić information content (AvgIpc) is 1.69. The van der Waals surface area contributed by atoms with Gasteiger partial charge in [0.15, 0.2) is 0 Å². The Bertz CT molecular complexity index is 28.9. The topological polar surface area (TPSA) is 18.5 Å². The minimum Gasteiger partial charge on any atom is -0.414 e. The molecule has 42 valence electrons. The van der Waals surface area contributed by atoms with Crippen molar-refractivity contribution in [2.45, 2.75) is 13.8 Å². The summed E-state index contributed by atoms with van der Waals surface area (Å²) in [6, 6.07) is 0. The molecule has 0 aliphatic rings. The van der Waals surface area contributed by atoms with E-state index in [1.54, 1.807) is 0 Å². The second-order valence-corrected chi connectivity index (χ2v) is 1.10. The Hall–Kier alpha value is -0.0151. The van der Waals surface area contributed by atoms with Crippen LogP contribution in [0.5, 0.6) is 0 Å². The van der Waals surface area contributed by atoms with Gasteiger partial charge in [0.05, 0.1) is 0 Å². The normalized spacial score (nSPS) is 8.86. The van der Waals surface area contributed by atoms with E-state index in [2.05, 4.69) is 0 Å². The standard InChI is InChI=1S/C4H11BO2/c1-3-6-5-7-4-2/h5H,3-4H2,1-2H3. The molecule has 0 unspecified atom stereocenters. The first-order valence-electron chi connectivity index (χ1n) is 2.57. The van der Waals surface area contributed by atoms with Crippen molar-refractivity contribution in [3.05, 3.63) is 0 Å². The predicted octanol–water partition coefficient (Wildman–Crippen LogP) is 0.326. The summed E-state index contributed by atoms with van der Waals surface area (Å²) < 4.78 is 9.70. The Labute approximate surface area is 45.1 Å². The molecule has 0 heterocycles. The van der Waals surface area contributed by atoms with Gasteiger partial charge in [-0.1, -0.05) is 0 Å². The lowest BCUT2D eigenvalue weighted by Gasteiger charge is -1.94. The maximum Gasteiger partial charge on any atom is 0.438 e. The van der Waals surface area contributed by atoms with Crippen LogP contribution in [0.15, 0.2) is 0 Å². The van der Waals surface area contributed by atoms with Crippen molar-refractivity contribution in [2.75, 3.05) is 13.2 Å². The summed E-state index contributed by atoms with van der Waals surface area (Å²) in [7, 11) is 0.438. The van der Waals surface area contributed by atoms with Gasteiger partial charge < -0.3 is 9.31 Å². The molecule has 3 heteroatoms. The first-order chi connectivity index (χ1) is 3.41. The van der Waals surface area contributed by atoms with Gasteiger partial charge in [-0.2, -0.15) is 0 Å². The van der Waals surface area contributed by atoms with Gasteiger partial charge in [0.25, 0.3) is 0 Å². The minimum absolute atomic E-state index is 0.438. The van der Waals surface area contributed by atoms with Crippen LogP contribution >= 0.6 is 0 Å². The van der Waals surface area contributed by atoms with Gasteiger partial charge in [0.1, 0.15) is 0 Å². The quantitative estimate of drug-likeness (QED) is 0.376. The predicted molar refractivity (Wildman–Crippen MR) is 30.4 cm³/mol. The smallest absolute Gasteiger partial charge is 0.414 e. The third-order valence-electron chi connectivity index (χ3n) is 0.575. The molecule has 0 aliphatic carbocycles. The summed E-state index contributed by atoms with van der Waals surface area (Å²) in [6.07, 6.45) is 0. The highest BCUT2D eigenvalue weighted by atomic mass is 16.6. The van der Waals surface area contributed by atoms with E-state index in [9.17, 15) is 0 Å². The summed E-state index contributed by atoms with van der Waals surface area (Å²) in [5.41, 5.74) is 0. The van der Waals surface area contributed by atoms with E-state index < -0.39 is 0 Å². The summed E-state index contributed by atoms with van der Waals surface area (Å²) in [5.74, 6) is 0. The van der Waals surface area contributed by atoms with Gasteiger partial charge in [-0.05, 0) is 13.8 Å². The molecule has 0 aromatic rings. The Morgan fingerprint density at radius 2 is 1.57 bits per heavy atom. The molecule has 0 atom stereocenters. The fraction of sp³-hybridized carbons (Fsp3) is 1.00. The van der Waals surface area contributed by atoms with Crippen LogP contribution in [-0.2, 0) is 9.31 Å². The van der Waals surface area contributed by atoms with Crippen molar-refractivity contribution >= 4 is 7.69 Å². The third kappa shape index (κ3) is 5.98. The van der Waals surface area contributed by atoms with Crippen molar-refractivity contribution in [1.82, 2.24) is 0 Å². The molecule has 0 aromatic carbocycles. The monoisotopic (exact) mass is 102 g/mol. The Kier molecular flexibility index (Phi) is 5.97. The van der Waals surface area contributed by atoms with E-state index in [0.29, 0.717) is 7.69 Å². The molecule has 0 N–H and O–H groups in total. The van der Waals surface area contributed by atoms with Gasteiger partial charge in [-0.25, -0.2) is 0 Å². The van der Waals surface area contributed by atoms with Crippen LogP contribution in [0.3, 0.4) is 0 Å². The molecule has 0 saturated heterocycles. The molecule has 7 heavy (non-hydrogen) atoms. The lowest BCUT2D eigenvalue weighted by Crippen LogP contribution is -2.02. The van der Waals surface area contributed by atoms with E-state index in [0.717, 1.165) is 13.2 Å². The van der Waals surface area contributed by atoms with Crippen molar-refractivity contribution in [1.29, 1.82) is 0 Å². The molecule has 0 radical (unpaired) electrons. The van der Waals surface area contributed by atoms with E-state index in [4.69, 9.17) is 9.31 Å². The van der Waals surface area contributed by atoms with Gasteiger partial charge in [0, 0.05) is 13.2 Å². The highest BCUT2D eigenvalue weighted by Crippen LogP contribution is 1.70. The first-order valence-corrected chi connectivity index (χ1v) is 2.57. The molecule has 0 saturated carbocycles. The van der Waals surface area contributed by atoms with Crippen LogP contribution < -0.4 is 0 Å². The second kappa shape index (κ2) is 5.98. The molecule has 0 aromatic heterocycles. The number of rotatable bonds is 4. The average molecular weight is 102 g/mol. The van der Waals surface area contributed by atoms with E-state index >= 15 is 0 Å². The minimum atomic E-state index is 0.438. The van der Waals surface area contributed by atoms with Gasteiger partial charge in [-0.3, -0.25) is 0 Å². The summed E-state index contributed by atoms with van der Waals surface area (Å²) in [6.45, 7) is 5.36. The number of hydrogen-bond donors (Lipinski definition) is 0. The number of hydrogen-bond acceptors (Lipinski definition) is 2. The lowest BCUT2D eigenvalue weighted by molar-refractivity contribution is 0.240. The zero-order valence-electron chi connectivity index (χ0n) is 4.94. The maximum atomic E-state index is 4.85. The highest BCUT2D eigenvalue weighted by Gasteiger charge is 1.83. The van der Waals surface area contributed by atoms with Gasteiger partial charge in [0.2, 0.25) is 0 Å². The largest absolute Gasteiger partial charge is 0.438 e. The van der Waals surface area contributed by atoms with Crippen LogP contribution in [-0.4, -0.2) is 20.9 Å². The van der Waals surface area contributed by atoms with Crippen LogP contribution in [0.1, 0.15) is 13.8 Å². The highest BCUT2D eigenvalue weighted by molar-refractivity contribution is 6.17.